The third-order valence-electron chi connectivity index (χ3n) is 2.62. The van der Waals surface area contributed by atoms with Crippen LogP contribution in [0.4, 0.5) is 5.82 Å². The minimum Gasteiger partial charge on any atom is -0.353 e. The standard InChI is InChI=1S/C11H9BrClN5S/c1-18(3-7-2-6(12)4-19-7)10-8-9(15-5-14-8)16-11(13)17-10/h2,4-5H,3H2,1H3,(H,14,15,16,17). The number of hydrogen-bond acceptors (Lipinski definition) is 5. The van der Waals surface area contributed by atoms with Gasteiger partial charge < -0.3 is 9.88 Å². The second kappa shape index (κ2) is 5.07. The molecular formula is C11H9BrClN5S. The fraction of sp³-hybridized carbons (Fsp3) is 0.182. The monoisotopic (exact) mass is 357 g/mol. The Morgan fingerprint density at radius 1 is 1.47 bits per heavy atom. The Morgan fingerprint density at radius 3 is 3.05 bits per heavy atom. The first-order chi connectivity index (χ1) is 9.13. The van der Waals surface area contributed by atoms with Crippen LogP contribution in [-0.2, 0) is 6.54 Å². The molecule has 0 aliphatic carbocycles. The maximum Gasteiger partial charge on any atom is 0.226 e. The van der Waals surface area contributed by atoms with Gasteiger partial charge in [-0.05, 0) is 33.6 Å². The number of anilines is 1. The fourth-order valence-electron chi connectivity index (χ4n) is 1.81. The number of nitrogens with zero attached hydrogens (tertiary/aromatic N) is 4. The Morgan fingerprint density at radius 2 is 2.32 bits per heavy atom. The van der Waals surface area contributed by atoms with Gasteiger partial charge in [-0.15, -0.1) is 11.3 Å². The molecule has 3 rings (SSSR count). The summed E-state index contributed by atoms with van der Waals surface area (Å²) in [5.41, 5.74) is 1.37. The summed E-state index contributed by atoms with van der Waals surface area (Å²) in [7, 11) is 1.96. The third kappa shape index (κ3) is 2.58. The molecule has 0 atom stereocenters. The molecule has 0 aliphatic rings. The van der Waals surface area contributed by atoms with Crippen molar-refractivity contribution in [3.63, 3.8) is 0 Å². The average molecular weight is 359 g/mol. The highest BCUT2D eigenvalue weighted by Crippen LogP contribution is 2.26. The lowest BCUT2D eigenvalue weighted by Gasteiger charge is -2.17. The molecule has 0 aliphatic heterocycles. The largest absolute Gasteiger partial charge is 0.353 e. The molecule has 5 nitrogen and oxygen atoms in total. The summed E-state index contributed by atoms with van der Waals surface area (Å²) in [5.74, 6) is 0.747. The molecule has 0 saturated heterocycles. The van der Waals surface area contributed by atoms with Gasteiger partial charge in [0, 0.05) is 21.8 Å². The lowest BCUT2D eigenvalue weighted by molar-refractivity contribution is 0.912. The number of thiophene rings is 1. The quantitative estimate of drug-likeness (QED) is 0.728. The van der Waals surface area contributed by atoms with Gasteiger partial charge in [-0.2, -0.15) is 9.97 Å². The van der Waals surface area contributed by atoms with Crippen LogP contribution in [0.25, 0.3) is 11.2 Å². The molecule has 3 heterocycles. The van der Waals surface area contributed by atoms with Crippen molar-refractivity contribution in [3.8, 4) is 0 Å². The molecule has 3 aromatic rings. The van der Waals surface area contributed by atoms with Gasteiger partial charge in [-0.3, -0.25) is 0 Å². The average Bonchev–Trinajstić information content (AvgIpc) is 2.96. The van der Waals surface area contributed by atoms with Crippen molar-refractivity contribution in [3.05, 3.63) is 32.4 Å². The van der Waals surface area contributed by atoms with E-state index in [0.717, 1.165) is 22.4 Å². The van der Waals surface area contributed by atoms with Crippen LogP contribution in [-0.4, -0.2) is 27.0 Å². The molecule has 0 spiro atoms. The van der Waals surface area contributed by atoms with Gasteiger partial charge in [0.1, 0.15) is 5.52 Å². The van der Waals surface area contributed by atoms with Crippen LogP contribution in [0.2, 0.25) is 5.28 Å². The predicted octanol–water partition coefficient (Wildman–Crippen LogP) is 3.47. The summed E-state index contributed by atoms with van der Waals surface area (Å²) in [5, 5.41) is 2.26. The highest BCUT2D eigenvalue weighted by atomic mass is 79.9. The number of nitrogens with one attached hydrogen (secondary N) is 1. The van der Waals surface area contributed by atoms with Gasteiger partial charge >= 0.3 is 0 Å². The summed E-state index contributed by atoms with van der Waals surface area (Å²) in [6.45, 7) is 0.748. The van der Waals surface area contributed by atoms with Gasteiger partial charge in [0.05, 0.1) is 12.9 Å². The van der Waals surface area contributed by atoms with E-state index >= 15 is 0 Å². The molecule has 0 bridgehead atoms. The molecule has 8 heteroatoms. The zero-order valence-corrected chi connectivity index (χ0v) is 13.1. The maximum absolute atomic E-state index is 5.92. The first-order valence-corrected chi connectivity index (χ1v) is 7.49. The summed E-state index contributed by atoms with van der Waals surface area (Å²) >= 11 is 11.1. The normalized spacial score (nSPS) is 11.1. The molecular weight excluding hydrogens is 350 g/mol. The first kappa shape index (κ1) is 12.8. The number of hydrogen-bond donors (Lipinski definition) is 1. The van der Waals surface area contributed by atoms with Crippen molar-refractivity contribution in [2.75, 3.05) is 11.9 Å². The molecule has 0 saturated carbocycles. The van der Waals surface area contributed by atoms with E-state index in [1.165, 1.54) is 4.88 Å². The van der Waals surface area contributed by atoms with E-state index in [9.17, 15) is 0 Å². The van der Waals surface area contributed by atoms with Crippen LogP contribution in [0.15, 0.2) is 22.2 Å². The van der Waals surface area contributed by atoms with Crippen LogP contribution in [0.3, 0.4) is 0 Å². The minimum absolute atomic E-state index is 0.203. The van der Waals surface area contributed by atoms with Gasteiger partial charge in [-0.1, -0.05) is 0 Å². The number of aromatic amines is 1. The summed E-state index contributed by atoms with van der Waals surface area (Å²) in [6, 6.07) is 2.09. The molecule has 1 N–H and O–H groups in total. The van der Waals surface area contributed by atoms with Crippen molar-refractivity contribution < 1.29 is 0 Å². The molecule has 0 unspecified atom stereocenters. The number of imidazole rings is 1. The van der Waals surface area contributed by atoms with Crippen LogP contribution >= 0.6 is 38.9 Å². The lowest BCUT2D eigenvalue weighted by Crippen LogP contribution is -2.17. The molecule has 0 fully saturated rings. The van der Waals surface area contributed by atoms with Gasteiger partial charge in [0.25, 0.3) is 0 Å². The number of aromatic nitrogens is 4. The molecule has 98 valence electrons. The predicted molar refractivity (Wildman–Crippen MR) is 80.8 cm³/mol. The van der Waals surface area contributed by atoms with Gasteiger partial charge in [-0.25, -0.2) is 4.98 Å². The van der Waals surface area contributed by atoms with E-state index in [2.05, 4.69) is 47.3 Å². The smallest absolute Gasteiger partial charge is 0.226 e. The van der Waals surface area contributed by atoms with E-state index < -0.39 is 0 Å². The SMILES string of the molecule is CN(Cc1cc(Br)cs1)c1nc(Cl)nc2nc[nH]c12. The highest BCUT2D eigenvalue weighted by molar-refractivity contribution is 9.10. The number of H-pyrrole nitrogens is 1. The Labute approximate surface area is 126 Å². The van der Waals surface area contributed by atoms with E-state index in [1.807, 2.05) is 11.9 Å². The van der Waals surface area contributed by atoms with E-state index in [0.29, 0.717) is 5.65 Å². The van der Waals surface area contributed by atoms with Crippen molar-refractivity contribution in [1.82, 2.24) is 19.9 Å². The topological polar surface area (TPSA) is 57.7 Å². The number of rotatable bonds is 3. The second-order valence-electron chi connectivity index (χ2n) is 4.00. The Hall–Kier alpha value is -1.18. The Balaban J connectivity index is 1.96. The molecule has 0 aromatic carbocycles. The Kier molecular flexibility index (Phi) is 3.42. The van der Waals surface area contributed by atoms with Crippen LogP contribution in [0.5, 0.6) is 0 Å². The molecule has 19 heavy (non-hydrogen) atoms. The Bertz CT molecular complexity index is 725. The zero-order valence-electron chi connectivity index (χ0n) is 9.89. The van der Waals surface area contributed by atoms with E-state index in [4.69, 9.17) is 11.6 Å². The summed E-state index contributed by atoms with van der Waals surface area (Å²) < 4.78 is 1.09. The van der Waals surface area contributed by atoms with Gasteiger partial charge in [0.2, 0.25) is 5.28 Å². The number of halogens is 2. The summed E-state index contributed by atoms with van der Waals surface area (Å²) in [6.07, 6.45) is 1.59. The van der Waals surface area contributed by atoms with E-state index in [1.54, 1.807) is 17.7 Å². The molecule has 3 aromatic heterocycles. The zero-order chi connectivity index (χ0) is 13.4. The van der Waals surface area contributed by atoms with Crippen LogP contribution < -0.4 is 4.90 Å². The van der Waals surface area contributed by atoms with Gasteiger partial charge in [0.15, 0.2) is 11.5 Å². The van der Waals surface area contributed by atoms with Crippen LogP contribution in [0.1, 0.15) is 4.88 Å². The lowest BCUT2D eigenvalue weighted by atomic mass is 10.4. The van der Waals surface area contributed by atoms with E-state index in [-0.39, 0.29) is 5.28 Å². The molecule has 0 amide bonds. The van der Waals surface area contributed by atoms with Crippen LogP contribution in [0, 0.1) is 0 Å². The molecule has 0 radical (unpaired) electrons. The number of fused-ring (bicyclic) bond motifs is 1. The first-order valence-electron chi connectivity index (χ1n) is 5.44. The second-order valence-corrected chi connectivity index (χ2v) is 6.25. The highest BCUT2D eigenvalue weighted by Gasteiger charge is 2.13. The fourth-order valence-corrected chi connectivity index (χ4v) is 3.48. The van der Waals surface area contributed by atoms with Crippen molar-refractivity contribution in [2.24, 2.45) is 0 Å². The van der Waals surface area contributed by atoms with Crippen molar-refractivity contribution >= 4 is 55.8 Å². The summed E-state index contributed by atoms with van der Waals surface area (Å²) in [4.78, 5) is 18.8. The van der Waals surface area contributed by atoms with Crippen molar-refractivity contribution in [2.45, 2.75) is 6.54 Å². The maximum atomic E-state index is 5.92. The van der Waals surface area contributed by atoms with Crippen molar-refractivity contribution in [1.29, 1.82) is 0 Å². The third-order valence-corrected chi connectivity index (χ3v) is 4.47. The minimum atomic E-state index is 0.203.